The Bertz CT molecular complexity index is 943. The zero-order valence-electron chi connectivity index (χ0n) is 12.9. The molecular formula is C16H11BrN4O3S. The van der Waals surface area contributed by atoms with Crippen molar-refractivity contribution in [2.75, 3.05) is 11.9 Å². The van der Waals surface area contributed by atoms with Gasteiger partial charge < -0.3 is 0 Å². The number of para-hydroxylation sites is 1. The molecule has 0 radical (unpaired) electrons. The molecular weight excluding hydrogens is 408 g/mol. The number of amides is 1. The Morgan fingerprint density at radius 3 is 2.52 bits per heavy atom. The van der Waals surface area contributed by atoms with Gasteiger partial charge in [0.25, 0.3) is 11.6 Å². The molecule has 25 heavy (non-hydrogen) atoms. The molecule has 3 rings (SSSR count). The van der Waals surface area contributed by atoms with Crippen LogP contribution in [0, 0.1) is 10.1 Å². The third-order valence-electron chi connectivity index (χ3n) is 3.43. The summed E-state index contributed by atoms with van der Waals surface area (Å²) < 4.78 is 0.949. The van der Waals surface area contributed by atoms with E-state index in [0.29, 0.717) is 10.1 Å². The number of nitro benzene ring substituents is 1. The highest BCUT2D eigenvalue weighted by molar-refractivity contribution is 9.10. The first kappa shape index (κ1) is 17.2. The fourth-order valence-electron chi connectivity index (χ4n) is 2.14. The van der Waals surface area contributed by atoms with Crippen molar-refractivity contribution < 1.29 is 9.72 Å². The van der Waals surface area contributed by atoms with E-state index in [1.807, 2.05) is 24.3 Å². The Labute approximate surface area is 155 Å². The second-order valence-electron chi connectivity index (χ2n) is 5.04. The molecule has 0 spiro atoms. The van der Waals surface area contributed by atoms with Gasteiger partial charge in [-0.25, -0.2) is 0 Å². The average molecular weight is 419 g/mol. The fourth-order valence-corrected chi connectivity index (χ4v) is 3.22. The van der Waals surface area contributed by atoms with E-state index in [1.54, 1.807) is 6.07 Å². The van der Waals surface area contributed by atoms with Gasteiger partial charge in [-0.3, -0.25) is 19.8 Å². The van der Waals surface area contributed by atoms with E-state index < -0.39 is 10.8 Å². The van der Waals surface area contributed by atoms with Crippen LogP contribution in [-0.4, -0.2) is 28.1 Å². The van der Waals surface area contributed by atoms with E-state index in [0.717, 1.165) is 10.0 Å². The van der Waals surface area contributed by atoms with Gasteiger partial charge in [-0.05, 0) is 18.2 Å². The molecule has 1 aromatic heterocycles. The molecule has 0 aliphatic heterocycles. The number of hydrogen-bond acceptors (Lipinski definition) is 6. The first-order valence-corrected chi connectivity index (χ1v) is 8.69. The Balaban J connectivity index is 1.89. The molecule has 0 bridgehead atoms. The minimum atomic E-state index is -0.575. The maximum atomic E-state index is 12.6. The predicted molar refractivity (Wildman–Crippen MR) is 98.9 cm³/mol. The number of rotatable bonds is 4. The van der Waals surface area contributed by atoms with Gasteiger partial charge in [0.15, 0.2) is 0 Å². The van der Waals surface area contributed by atoms with Crippen molar-refractivity contribution in [2.24, 2.45) is 0 Å². The minimum Gasteiger partial charge on any atom is -0.285 e. The van der Waals surface area contributed by atoms with Crippen LogP contribution >= 0.6 is 27.3 Å². The van der Waals surface area contributed by atoms with Crippen LogP contribution in [0.2, 0.25) is 0 Å². The molecule has 1 amide bonds. The quantitative estimate of drug-likeness (QED) is 0.468. The topological polar surface area (TPSA) is 89.2 Å². The van der Waals surface area contributed by atoms with Gasteiger partial charge >= 0.3 is 0 Å². The van der Waals surface area contributed by atoms with Crippen molar-refractivity contribution in [1.29, 1.82) is 0 Å². The van der Waals surface area contributed by atoms with Gasteiger partial charge in [0.1, 0.15) is 10.6 Å². The minimum absolute atomic E-state index is 0.00962. The molecule has 9 heteroatoms. The van der Waals surface area contributed by atoms with Crippen LogP contribution in [0.5, 0.6) is 0 Å². The fraction of sp³-hybridized carbons (Fsp3) is 0.0625. The number of nitro groups is 1. The van der Waals surface area contributed by atoms with Gasteiger partial charge in [0.05, 0.1) is 4.92 Å². The summed E-state index contributed by atoms with van der Waals surface area (Å²) in [7, 11) is 1.52. The third kappa shape index (κ3) is 3.57. The highest BCUT2D eigenvalue weighted by Crippen LogP contribution is 2.30. The first-order chi connectivity index (χ1) is 12.0. The Morgan fingerprint density at radius 1 is 1.16 bits per heavy atom. The molecule has 0 aliphatic rings. The van der Waals surface area contributed by atoms with Crippen LogP contribution in [0.1, 0.15) is 10.4 Å². The summed E-state index contributed by atoms with van der Waals surface area (Å²) in [5.41, 5.74) is 0.644. The summed E-state index contributed by atoms with van der Waals surface area (Å²) >= 11 is 4.60. The van der Waals surface area contributed by atoms with E-state index in [9.17, 15) is 14.9 Å². The summed E-state index contributed by atoms with van der Waals surface area (Å²) in [6.45, 7) is 0. The lowest BCUT2D eigenvalue weighted by atomic mass is 10.1. The van der Waals surface area contributed by atoms with Crippen molar-refractivity contribution in [3.05, 3.63) is 68.7 Å². The molecule has 0 unspecified atom stereocenters. The normalized spacial score (nSPS) is 10.5. The summed E-state index contributed by atoms with van der Waals surface area (Å²) in [6, 6.07) is 13.4. The predicted octanol–water partition coefficient (Wildman–Crippen LogP) is 4.15. The summed E-state index contributed by atoms with van der Waals surface area (Å²) in [4.78, 5) is 24.4. The Morgan fingerprint density at radius 2 is 1.84 bits per heavy atom. The van der Waals surface area contributed by atoms with E-state index in [1.165, 1.54) is 41.5 Å². The van der Waals surface area contributed by atoms with Crippen molar-refractivity contribution in [3.63, 3.8) is 0 Å². The lowest BCUT2D eigenvalue weighted by Crippen LogP contribution is -2.26. The largest absolute Gasteiger partial charge is 0.285 e. The molecule has 3 aromatic rings. The number of aromatic nitrogens is 2. The average Bonchev–Trinajstić information content (AvgIpc) is 3.11. The maximum Gasteiger partial charge on any atom is 0.282 e. The van der Waals surface area contributed by atoms with Crippen molar-refractivity contribution in [3.8, 4) is 10.6 Å². The van der Waals surface area contributed by atoms with E-state index in [2.05, 4.69) is 26.1 Å². The molecule has 0 aliphatic carbocycles. The molecule has 1 heterocycles. The second kappa shape index (κ2) is 7.08. The van der Waals surface area contributed by atoms with E-state index in [-0.39, 0.29) is 11.3 Å². The number of benzene rings is 2. The summed E-state index contributed by atoms with van der Waals surface area (Å²) in [6.07, 6.45) is 0. The standard InChI is InChI=1S/C16H11BrN4O3S/c1-20(15(22)12-4-2-3-5-13(12)21(23)24)16-19-18-14(25-16)10-6-8-11(17)9-7-10/h2-9H,1H3. The number of hydrogen-bond donors (Lipinski definition) is 0. The number of halogens is 1. The smallest absolute Gasteiger partial charge is 0.282 e. The highest BCUT2D eigenvalue weighted by Gasteiger charge is 2.25. The Hall–Kier alpha value is -2.65. The van der Waals surface area contributed by atoms with Crippen LogP contribution in [0.4, 0.5) is 10.8 Å². The second-order valence-corrected chi connectivity index (χ2v) is 6.91. The molecule has 0 atom stereocenters. The molecule has 0 saturated heterocycles. The van der Waals surface area contributed by atoms with Gasteiger partial charge in [-0.2, -0.15) is 0 Å². The number of nitrogens with zero attached hydrogens (tertiary/aromatic N) is 4. The third-order valence-corrected chi connectivity index (χ3v) is 5.01. The number of carbonyl (C=O) groups excluding carboxylic acids is 1. The van der Waals surface area contributed by atoms with Crippen molar-refractivity contribution >= 4 is 44.0 Å². The van der Waals surface area contributed by atoms with Gasteiger partial charge in [-0.15, -0.1) is 10.2 Å². The first-order valence-electron chi connectivity index (χ1n) is 7.08. The molecule has 0 N–H and O–H groups in total. The molecule has 0 saturated carbocycles. The SMILES string of the molecule is CN(C(=O)c1ccccc1[N+](=O)[O-])c1nnc(-c2ccc(Br)cc2)s1. The monoisotopic (exact) mass is 418 g/mol. The van der Waals surface area contributed by atoms with E-state index >= 15 is 0 Å². The molecule has 126 valence electrons. The zero-order valence-corrected chi connectivity index (χ0v) is 15.3. The number of carbonyl (C=O) groups is 1. The zero-order chi connectivity index (χ0) is 18.0. The van der Waals surface area contributed by atoms with Crippen LogP contribution in [-0.2, 0) is 0 Å². The van der Waals surface area contributed by atoms with Crippen LogP contribution < -0.4 is 4.90 Å². The van der Waals surface area contributed by atoms with Crippen molar-refractivity contribution in [1.82, 2.24) is 10.2 Å². The highest BCUT2D eigenvalue weighted by atomic mass is 79.9. The van der Waals surface area contributed by atoms with Gasteiger partial charge in [-0.1, -0.05) is 51.5 Å². The van der Waals surface area contributed by atoms with Crippen LogP contribution in [0.15, 0.2) is 53.0 Å². The van der Waals surface area contributed by atoms with Gasteiger partial charge in [0.2, 0.25) is 5.13 Å². The Kier molecular flexibility index (Phi) is 4.86. The lowest BCUT2D eigenvalue weighted by Gasteiger charge is -2.12. The van der Waals surface area contributed by atoms with Crippen LogP contribution in [0.3, 0.4) is 0 Å². The van der Waals surface area contributed by atoms with Crippen LogP contribution in [0.25, 0.3) is 10.6 Å². The summed E-state index contributed by atoms with van der Waals surface area (Å²) in [5.74, 6) is -0.509. The summed E-state index contributed by atoms with van der Waals surface area (Å²) in [5, 5.41) is 20.3. The molecule has 0 fully saturated rings. The molecule has 7 nitrogen and oxygen atoms in total. The maximum absolute atomic E-state index is 12.6. The lowest BCUT2D eigenvalue weighted by molar-refractivity contribution is -0.385. The molecule has 2 aromatic carbocycles. The van der Waals surface area contributed by atoms with Crippen molar-refractivity contribution in [2.45, 2.75) is 0 Å². The number of anilines is 1. The van der Waals surface area contributed by atoms with Gasteiger partial charge in [0, 0.05) is 23.2 Å². The van der Waals surface area contributed by atoms with E-state index in [4.69, 9.17) is 0 Å².